The van der Waals surface area contributed by atoms with Crippen LogP contribution < -0.4 is 5.73 Å². The zero-order valence-corrected chi connectivity index (χ0v) is 11.6. The van der Waals surface area contributed by atoms with Crippen molar-refractivity contribution in [2.45, 2.75) is 57.3 Å². The maximum absolute atomic E-state index is 9.21. The monoisotopic (exact) mass is 251 g/mol. The van der Waals surface area contributed by atoms with Crippen LogP contribution in [-0.4, -0.2) is 42.3 Å². The van der Waals surface area contributed by atoms with Gasteiger partial charge in [-0.25, -0.2) is 0 Å². The Morgan fingerprint density at radius 1 is 1.39 bits per heavy atom. The molecule has 0 radical (unpaired) electrons. The molecule has 4 heteroatoms. The van der Waals surface area contributed by atoms with Gasteiger partial charge in [0.1, 0.15) is 5.54 Å². The lowest BCUT2D eigenvalue weighted by Crippen LogP contribution is -2.47. The van der Waals surface area contributed by atoms with Gasteiger partial charge in [0.05, 0.1) is 18.3 Å². The first kappa shape index (κ1) is 13.8. The molecule has 2 fully saturated rings. The molecule has 0 aromatic rings. The van der Waals surface area contributed by atoms with Crippen molar-refractivity contribution in [2.24, 2.45) is 11.7 Å². The topological polar surface area (TPSA) is 62.3 Å². The minimum absolute atomic E-state index is 0.316. The van der Waals surface area contributed by atoms with E-state index in [0.29, 0.717) is 18.1 Å². The highest BCUT2D eigenvalue weighted by Gasteiger charge is 2.39. The Hall–Kier alpha value is -0.630. The van der Waals surface area contributed by atoms with Gasteiger partial charge >= 0.3 is 0 Å². The van der Waals surface area contributed by atoms with E-state index in [4.69, 9.17) is 10.5 Å². The van der Waals surface area contributed by atoms with E-state index < -0.39 is 5.54 Å². The van der Waals surface area contributed by atoms with Gasteiger partial charge < -0.3 is 10.5 Å². The lowest BCUT2D eigenvalue weighted by atomic mass is 9.87. The minimum atomic E-state index is -0.566. The minimum Gasteiger partial charge on any atom is -0.373 e. The number of hydrogen-bond acceptors (Lipinski definition) is 4. The van der Waals surface area contributed by atoms with E-state index in [9.17, 15) is 5.26 Å². The number of nitrogens with two attached hydrogens (primary N) is 1. The SMILES string of the molecule is C[C@@H]1CN(CCC2CCCC2(N)C#N)C[C@H](C)O1. The molecule has 2 N–H and O–H groups in total. The molecule has 0 spiro atoms. The zero-order chi connectivity index (χ0) is 13.2. The van der Waals surface area contributed by atoms with E-state index in [1.54, 1.807) is 0 Å². The number of hydrogen-bond donors (Lipinski definition) is 1. The van der Waals surface area contributed by atoms with E-state index in [-0.39, 0.29) is 0 Å². The lowest BCUT2D eigenvalue weighted by molar-refractivity contribution is -0.0691. The summed E-state index contributed by atoms with van der Waals surface area (Å²) < 4.78 is 5.73. The number of nitrogens with zero attached hydrogens (tertiary/aromatic N) is 2. The van der Waals surface area contributed by atoms with Crippen LogP contribution in [0.15, 0.2) is 0 Å². The van der Waals surface area contributed by atoms with Crippen molar-refractivity contribution in [1.82, 2.24) is 4.90 Å². The average Bonchev–Trinajstić information content (AvgIpc) is 2.68. The highest BCUT2D eigenvalue weighted by molar-refractivity contribution is 5.12. The van der Waals surface area contributed by atoms with Gasteiger partial charge in [0.25, 0.3) is 0 Å². The molecule has 102 valence electrons. The number of morpholine rings is 1. The van der Waals surface area contributed by atoms with Crippen LogP contribution in [0.1, 0.15) is 39.5 Å². The van der Waals surface area contributed by atoms with Crippen LogP contribution in [0, 0.1) is 17.2 Å². The van der Waals surface area contributed by atoms with E-state index in [0.717, 1.165) is 45.3 Å². The fourth-order valence-electron chi connectivity index (χ4n) is 3.46. The molecule has 0 aromatic carbocycles. The highest BCUT2D eigenvalue weighted by Crippen LogP contribution is 2.35. The van der Waals surface area contributed by atoms with Gasteiger partial charge in [-0.2, -0.15) is 5.26 Å². The predicted molar refractivity (Wildman–Crippen MR) is 70.9 cm³/mol. The van der Waals surface area contributed by atoms with E-state index >= 15 is 0 Å². The Kier molecular flexibility index (Phi) is 4.26. The van der Waals surface area contributed by atoms with Gasteiger partial charge in [0.15, 0.2) is 0 Å². The molecule has 4 nitrogen and oxygen atoms in total. The molecule has 1 heterocycles. The third-order valence-electron chi connectivity index (χ3n) is 4.37. The van der Waals surface area contributed by atoms with E-state index in [1.165, 1.54) is 0 Å². The van der Waals surface area contributed by atoms with Crippen LogP contribution in [0.5, 0.6) is 0 Å². The van der Waals surface area contributed by atoms with Gasteiger partial charge in [0, 0.05) is 13.1 Å². The van der Waals surface area contributed by atoms with Crippen molar-refractivity contribution in [2.75, 3.05) is 19.6 Å². The second kappa shape index (κ2) is 5.56. The molecule has 1 saturated heterocycles. The first-order valence-corrected chi connectivity index (χ1v) is 7.11. The molecule has 1 aliphatic heterocycles. The fraction of sp³-hybridized carbons (Fsp3) is 0.929. The predicted octanol–water partition coefficient (Wildman–Crippen LogP) is 1.51. The Balaban J connectivity index is 1.83. The average molecular weight is 251 g/mol. The van der Waals surface area contributed by atoms with Crippen LogP contribution in [0.3, 0.4) is 0 Å². The molecule has 18 heavy (non-hydrogen) atoms. The smallest absolute Gasteiger partial charge is 0.107 e. The molecule has 0 aromatic heterocycles. The lowest BCUT2D eigenvalue weighted by Gasteiger charge is -2.36. The summed E-state index contributed by atoms with van der Waals surface area (Å²) in [6.45, 7) is 7.30. The Bertz CT molecular complexity index is 317. The van der Waals surface area contributed by atoms with Crippen molar-refractivity contribution in [3.63, 3.8) is 0 Å². The van der Waals surface area contributed by atoms with Crippen LogP contribution in [0.4, 0.5) is 0 Å². The largest absolute Gasteiger partial charge is 0.373 e. The van der Waals surface area contributed by atoms with Crippen molar-refractivity contribution in [3.05, 3.63) is 0 Å². The number of rotatable bonds is 3. The molecule has 1 saturated carbocycles. The Morgan fingerprint density at radius 2 is 2.06 bits per heavy atom. The van der Waals surface area contributed by atoms with Crippen LogP contribution in [0.2, 0.25) is 0 Å². The number of nitriles is 1. The quantitative estimate of drug-likeness (QED) is 0.826. The second-order valence-corrected chi connectivity index (χ2v) is 6.05. The Morgan fingerprint density at radius 3 is 2.67 bits per heavy atom. The third-order valence-corrected chi connectivity index (χ3v) is 4.37. The molecule has 1 aliphatic carbocycles. The molecule has 0 bridgehead atoms. The first-order valence-electron chi connectivity index (χ1n) is 7.11. The van der Waals surface area contributed by atoms with Gasteiger partial charge in [-0.1, -0.05) is 6.42 Å². The summed E-state index contributed by atoms with van der Waals surface area (Å²) in [5, 5.41) is 9.21. The van der Waals surface area contributed by atoms with Crippen LogP contribution in [-0.2, 0) is 4.74 Å². The van der Waals surface area contributed by atoms with Crippen molar-refractivity contribution >= 4 is 0 Å². The third kappa shape index (κ3) is 3.03. The van der Waals surface area contributed by atoms with Crippen molar-refractivity contribution in [3.8, 4) is 6.07 Å². The molecular weight excluding hydrogens is 226 g/mol. The van der Waals surface area contributed by atoms with E-state index in [1.807, 2.05) is 0 Å². The van der Waals surface area contributed by atoms with Gasteiger partial charge in [-0.15, -0.1) is 0 Å². The van der Waals surface area contributed by atoms with Crippen molar-refractivity contribution < 1.29 is 4.74 Å². The summed E-state index contributed by atoms with van der Waals surface area (Å²) in [7, 11) is 0. The Labute approximate surface area is 110 Å². The second-order valence-electron chi connectivity index (χ2n) is 6.05. The molecule has 2 aliphatic rings. The summed E-state index contributed by atoms with van der Waals surface area (Å²) in [6.07, 6.45) is 4.75. The summed E-state index contributed by atoms with van der Waals surface area (Å²) in [4.78, 5) is 2.45. The van der Waals surface area contributed by atoms with Gasteiger partial charge in [-0.3, -0.25) is 4.90 Å². The maximum Gasteiger partial charge on any atom is 0.107 e. The molecule has 4 atom stereocenters. The summed E-state index contributed by atoms with van der Waals surface area (Å²) >= 11 is 0. The van der Waals surface area contributed by atoms with Crippen LogP contribution >= 0.6 is 0 Å². The fourth-order valence-corrected chi connectivity index (χ4v) is 3.46. The maximum atomic E-state index is 9.21. The molecule has 0 amide bonds. The molecular formula is C14H25N3O. The first-order chi connectivity index (χ1) is 8.53. The van der Waals surface area contributed by atoms with Crippen molar-refractivity contribution in [1.29, 1.82) is 5.26 Å². The summed E-state index contributed by atoms with van der Waals surface area (Å²) in [5.74, 6) is 0.371. The summed E-state index contributed by atoms with van der Waals surface area (Å²) in [5.41, 5.74) is 5.60. The van der Waals surface area contributed by atoms with E-state index in [2.05, 4.69) is 24.8 Å². The molecule has 2 unspecified atom stereocenters. The highest BCUT2D eigenvalue weighted by atomic mass is 16.5. The number of ether oxygens (including phenoxy) is 1. The standard InChI is InChI=1S/C14H25N3O/c1-11-8-17(9-12(2)18-11)7-5-13-4-3-6-14(13,16)10-15/h11-13H,3-9,16H2,1-2H3/t11-,12+,13?,14?. The zero-order valence-electron chi connectivity index (χ0n) is 11.6. The molecule has 2 rings (SSSR count). The summed E-state index contributed by atoms with van der Waals surface area (Å²) in [6, 6.07) is 2.33. The normalized spacial score (nSPS) is 41.8. The van der Waals surface area contributed by atoms with Gasteiger partial charge in [0.2, 0.25) is 0 Å². The van der Waals surface area contributed by atoms with Crippen LogP contribution in [0.25, 0.3) is 0 Å². The van der Waals surface area contributed by atoms with Gasteiger partial charge in [-0.05, 0) is 45.6 Å².